The van der Waals surface area contributed by atoms with E-state index in [-0.39, 0.29) is 22.7 Å². The van der Waals surface area contributed by atoms with Crippen molar-refractivity contribution in [2.24, 2.45) is 0 Å². The minimum atomic E-state index is -3.28. The Morgan fingerprint density at radius 2 is 1.67 bits per heavy atom. The lowest BCUT2D eigenvalue weighted by Gasteiger charge is -2.37. The van der Waals surface area contributed by atoms with Gasteiger partial charge in [0.05, 0.1) is 12.6 Å². The van der Waals surface area contributed by atoms with Crippen molar-refractivity contribution in [3.8, 4) is 0 Å². The van der Waals surface area contributed by atoms with Crippen molar-refractivity contribution in [3.05, 3.63) is 35.4 Å². The van der Waals surface area contributed by atoms with Crippen LogP contribution in [-0.2, 0) is 15.1 Å². The summed E-state index contributed by atoms with van der Waals surface area (Å²) >= 11 is 0. The largest absolute Gasteiger partial charge is 0.444 e. The third kappa shape index (κ3) is 7.32. The van der Waals surface area contributed by atoms with E-state index in [2.05, 4.69) is 0 Å². The Balaban J connectivity index is 3.01. The highest BCUT2D eigenvalue weighted by atomic mass is 28.4. The number of carbonyl (C=O) groups excluding carboxylic acids is 1. The number of rotatable bonds is 7. The molecule has 0 aliphatic heterocycles. The monoisotopic (exact) mass is 445 g/mol. The summed E-state index contributed by atoms with van der Waals surface area (Å²) in [6.45, 7) is 14.1. The molecule has 1 N–H and O–H groups in total. The lowest BCUT2D eigenvalue weighted by Crippen LogP contribution is -2.43. The summed E-state index contributed by atoms with van der Waals surface area (Å²) in [5.74, 6) is -3.28. The number of halogens is 2. The molecule has 5 nitrogen and oxygen atoms in total. The normalized spacial score (nSPS) is 14.4. The Morgan fingerprint density at radius 3 is 2.17 bits per heavy atom. The molecule has 8 heteroatoms. The van der Waals surface area contributed by atoms with Crippen LogP contribution in [0.15, 0.2) is 24.3 Å². The number of hydrogen-bond donors (Lipinski definition) is 1. The zero-order chi connectivity index (χ0) is 23.5. The molecule has 0 fully saturated rings. The van der Waals surface area contributed by atoms with Crippen molar-refractivity contribution in [1.82, 2.24) is 4.90 Å². The van der Waals surface area contributed by atoms with Gasteiger partial charge >= 0.3 is 6.09 Å². The lowest BCUT2D eigenvalue weighted by molar-refractivity contribution is -0.0533. The molecule has 0 bridgehead atoms. The molecule has 30 heavy (non-hydrogen) atoms. The number of aliphatic hydroxyl groups excluding tert-OH is 1. The maximum Gasteiger partial charge on any atom is 0.410 e. The van der Waals surface area contributed by atoms with Gasteiger partial charge in [0.2, 0.25) is 0 Å². The van der Waals surface area contributed by atoms with Crippen molar-refractivity contribution in [2.45, 2.75) is 77.3 Å². The molecular formula is C22H37F2NO4Si. The van der Waals surface area contributed by atoms with Gasteiger partial charge < -0.3 is 19.2 Å². The highest BCUT2D eigenvalue weighted by molar-refractivity contribution is 6.74. The fourth-order valence-corrected chi connectivity index (χ4v) is 3.43. The van der Waals surface area contributed by atoms with E-state index in [9.17, 15) is 9.90 Å². The van der Waals surface area contributed by atoms with Crippen molar-refractivity contribution in [1.29, 1.82) is 0 Å². The van der Waals surface area contributed by atoms with E-state index >= 15 is 8.78 Å². The van der Waals surface area contributed by atoms with Crippen LogP contribution in [0.4, 0.5) is 13.6 Å². The van der Waals surface area contributed by atoms with Crippen LogP contribution in [0, 0.1) is 0 Å². The van der Waals surface area contributed by atoms with Gasteiger partial charge in [0.25, 0.3) is 5.92 Å². The van der Waals surface area contributed by atoms with Gasteiger partial charge in [0.1, 0.15) is 12.2 Å². The van der Waals surface area contributed by atoms with Gasteiger partial charge in [-0.1, -0.05) is 45.0 Å². The minimum absolute atomic E-state index is 0.0664. The molecule has 0 saturated carbocycles. The molecule has 0 saturated heterocycles. The van der Waals surface area contributed by atoms with Crippen LogP contribution in [0.25, 0.3) is 0 Å². The summed E-state index contributed by atoms with van der Waals surface area (Å²) in [4.78, 5) is 13.3. The fourth-order valence-electron chi connectivity index (χ4n) is 2.46. The van der Waals surface area contributed by atoms with Crippen molar-refractivity contribution in [2.75, 3.05) is 20.2 Å². The lowest BCUT2D eigenvalue weighted by atomic mass is 9.97. The smallest absolute Gasteiger partial charge is 0.410 e. The molecule has 0 aliphatic carbocycles. The van der Waals surface area contributed by atoms with Crippen LogP contribution in [0.3, 0.4) is 0 Å². The Labute approximate surface area is 180 Å². The maximum atomic E-state index is 15.1. The Bertz CT molecular complexity index is 727. The summed E-state index contributed by atoms with van der Waals surface area (Å²) in [7, 11) is -0.911. The van der Waals surface area contributed by atoms with E-state index in [1.165, 1.54) is 30.1 Å². The first kappa shape index (κ1) is 26.5. The first-order valence-corrected chi connectivity index (χ1v) is 13.0. The third-order valence-electron chi connectivity index (χ3n) is 5.29. The molecule has 0 aliphatic rings. The van der Waals surface area contributed by atoms with Crippen molar-refractivity contribution in [3.63, 3.8) is 0 Å². The van der Waals surface area contributed by atoms with Gasteiger partial charge in [-0.25, -0.2) is 4.79 Å². The molecule has 0 heterocycles. The van der Waals surface area contributed by atoms with Gasteiger partial charge in [-0.2, -0.15) is 8.78 Å². The number of benzene rings is 1. The molecule has 0 spiro atoms. The second kappa shape index (κ2) is 9.32. The zero-order valence-corrected chi connectivity index (χ0v) is 20.7. The average molecular weight is 446 g/mol. The topological polar surface area (TPSA) is 59.0 Å². The van der Waals surface area contributed by atoms with E-state index in [1.807, 2.05) is 33.9 Å². The highest BCUT2D eigenvalue weighted by Crippen LogP contribution is 2.40. The summed E-state index contributed by atoms with van der Waals surface area (Å²) in [6.07, 6.45) is -1.93. The van der Waals surface area contributed by atoms with Crippen LogP contribution in [0.5, 0.6) is 0 Å². The third-order valence-corrected chi connectivity index (χ3v) is 9.76. The van der Waals surface area contributed by atoms with Gasteiger partial charge in [-0.05, 0) is 44.5 Å². The van der Waals surface area contributed by atoms with Crippen LogP contribution < -0.4 is 0 Å². The van der Waals surface area contributed by atoms with Gasteiger partial charge in [0.15, 0.2) is 8.32 Å². The fraction of sp³-hybridized carbons (Fsp3) is 0.682. The average Bonchev–Trinajstić information content (AvgIpc) is 2.57. The van der Waals surface area contributed by atoms with Crippen LogP contribution in [0.2, 0.25) is 18.1 Å². The quantitative estimate of drug-likeness (QED) is 0.547. The second-order valence-corrected chi connectivity index (χ2v) is 15.0. The number of carbonyl (C=O) groups is 1. The molecule has 0 aromatic heterocycles. The summed E-state index contributed by atoms with van der Waals surface area (Å²) in [5.41, 5.74) is -0.923. The number of likely N-dealkylation sites (N-methyl/N-ethyl adjacent to an activating group) is 1. The Hall–Kier alpha value is -1.51. The SMILES string of the molecule is CN(CC(O)c1ccccc1C(F)(F)CO[Si](C)(C)C(C)(C)C)C(=O)OC(C)(C)C. The van der Waals surface area contributed by atoms with E-state index in [0.29, 0.717) is 0 Å². The van der Waals surface area contributed by atoms with Gasteiger partial charge in [-0.3, -0.25) is 0 Å². The molecule has 1 atom stereocenters. The minimum Gasteiger partial charge on any atom is -0.444 e. The van der Waals surface area contributed by atoms with Crippen molar-refractivity contribution >= 4 is 14.4 Å². The molecule has 0 radical (unpaired) electrons. The van der Waals surface area contributed by atoms with Gasteiger partial charge in [0, 0.05) is 12.6 Å². The predicted molar refractivity (Wildman–Crippen MR) is 117 cm³/mol. The molecule has 1 amide bonds. The predicted octanol–water partition coefficient (Wildman–Crippen LogP) is 5.70. The summed E-state index contributed by atoms with van der Waals surface area (Å²) in [5, 5.41) is 10.4. The van der Waals surface area contributed by atoms with Gasteiger partial charge in [-0.15, -0.1) is 0 Å². The highest BCUT2D eigenvalue weighted by Gasteiger charge is 2.42. The molecule has 1 aromatic carbocycles. The maximum absolute atomic E-state index is 15.1. The second-order valence-electron chi connectivity index (χ2n) is 10.2. The first-order valence-electron chi connectivity index (χ1n) is 10.1. The zero-order valence-electron chi connectivity index (χ0n) is 19.7. The van der Waals surface area contributed by atoms with Crippen molar-refractivity contribution < 1.29 is 27.8 Å². The first-order chi connectivity index (χ1) is 13.4. The van der Waals surface area contributed by atoms with Crippen LogP contribution >= 0.6 is 0 Å². The number of ether oxygens (including phenoxy) is 1. The molecular weight excluding hydrogens is 408 g/mol. The number of aliphatic hydroxyl groups is 1. The van der Waals surface area contributed by atoms with E-state index in [0.717, 1.165) is 0 Å². The number of amides is 1. The molecule has 1 aromatic rings. The number of hydrogen-bond acceptors (Lipinski definition) is 4. The van der Waals surface area contributed by atoms with Crippen LogP contribution in [-0.4, -0.2) is 50.2 Å². The molecule has 1 rings (SSSR count). The molecule has 172 valence electrons. The van der Waals surface area contributed by atoms with E-state index in [1.54, 1.807) is 26.8 Å². The Morgan fingerprint density at radius 1 is 1.13 bits per heavy atom. The van der Waals surface area contributed by atoms with Crippen LogP contribution in [0.1, 0.15) is 58.8 Å². The summed E-state index contributed by atoms with van der Waals surface area (Å²) < 4.78 is 41.2. The number of alkyl halides is 2. The summed E-state index contributed by atoms with van der Waals surface area (Å²) in [6, 6.07) is 5.83. The standard InChI is InChI=1S/C22H37F2NO4Si/c1-20(2,3)29-19(27)25(7)14-18(26)16-12-10-11-13-17(16)22(23,24)15-28-30(8,9)21(4,5)6/h10-13,18,26H,14-15H2,1-9H3. The van der Waals surface area contributed by atoms with E-state index < -0.39 is 38.6 Å². The number of nitrogens with zero attached hydrogens (tertiary/aromatic N) is 1. The molecule has 1 unspecified atom stereocenters. The Kier molecular flexibility index (Phi) is 8.24. The van der Waals surface area contributed by atoms with E-state index in [4.69, 9.17) is 9.16 Å².